The Morgan fingerprint density at radius 1 is 1.32 bits per heavy atom. The van der Waals surface area contributed by atoms with Gasteiger partial charge in [0.05, 0.1) is 13.5 Å². The second-order valence-corrected chi connectivity index (χ2v) is 4.12. The van der Waals surface area contributed by atoms with Crippen LogP contribution in [0, 0.1) is 0 Å². The molecule has 0 aliphatic heterocycles. The zero-order valence-corrected chi connectivity index (χ0v) is 10.8. The first-order valence-electron chi connectivity index (χ1n) is 5.86. The molecule has 1 N–H and O–H groups in total. The highest BCUT2D eigenvalue weighted by Gasteiger charge is 2.11. The van der Waals surface area contributed by atoms with Gasteiger partial charge in [-0.25, -0.2) is 0 Å². The molecule has 0 aliphatic carbocycles. The molecule has 1 aromatic heterocycles. The monoisotopic (exact) mass is 261 g/mol. The summed E-state index contributed by atoms with van der Waals surface area (Å²) in [6.07, 6.45) is 0.420. The van der Waals surface area contributed by atoms with E-state index in [1.165, 1.54) is 0 Å². The van der Waals surface area contributed by atoms with Gasteiger partial charge in [-0.1, -0.05) is 0 Å². The van der Waals surface area contributed by atoms with Crippen molar-refractivity contribution in [2.24, 2.45) is 7.05 Å². The lowest BCUT2D eigenvalue weighted by atomic mass is 10.2. The summed E-state index contributed by atoms with van der Waals surface area (Å²) < 4.78 is 6.91. The minimum atomic E-state index is -0.839. The summed E-state index contributed by atoms with van der Waals surface area (Å²) in [4.78, 5) is 10.6. The molecule has 0 amide bonds. The number of nitrogens with zero attached hydrogens (tertiary/aromatic N) is 3. The smallest absolute Gasteiger partial charge is 0.303 e. The van der Waals surface area contributed by atoms with E-state index in [2.05, 4.69) is 10.2 Å². The van der Waals surface area contributed by atoms with Gasteiger partial charge in [-0.05, 0) is 24.3 Å². The Balaban J connectivity index is 2.22. The summed E-state index contributed by atoms with van der Waals surface area (Å²) in [7, 11) is 3.44. The maximum absolute atomic E-state index is 10.6. The number of ether oxygens (including phenoxy) is 1. The fourth-order valence-corrected chi connectivity index (χ4v) is 1.79. The molecule has 0 aliphatic rings. The Hall–Kier alpha value is -2.37. The highest BCUT2D eigenvalue weighted by atomic mass is 16.5. The van der Waals surface area contributed by atoms with E-state index in [0.29, 0.717) is 18.1 Å². The van der Waals surface area contributed by atoms with Crippen molar-refractivity contribution in [3.63, 3.8) is 0 Å². The standard InChI is InChI=1S/C13H15N3O3/c1-16-11(7-8-12(17)18)14-15-13(16)9-3-5-10(19-2)6-4-9/h3-6H,7-8H2,1-2H3,(H,17,18). The molecule has 0 saturated carbocycles. The normalized spacial score (nSPS) is 10.4. The summed E-state index contributed by atoms with van der Waals surface area (Å²) >= 11 is 0. The van der Waals surface area contributed by atoms with Gasteiger partial charge in [-0.15, -0.1) is 10.2 Å². The van der Waals surface area contributed by atoms with Crippen LogP contribution in [0.3, 0.4) is 0 Å². The van der Waals surface area contributed by atoms with Crippen molar-refractivity contribution in [2.75, 3.05) is 7.11 Å². The molecular weight excluding hydrogens is 246 g/mol. The minimum absolute atomic E-state index is 0.0502. The van der Waals surface area contributed by atoms with Gasteiger partial charge in [-0.2, -0.15) is 0 Å². The first-order chi connectivity index (χ1) is 9.11. The number of benzene rings is 1. The minimum Gasteiger partial charge on any atom is -0.497 e. The van der Waals surface area contributed by atoms with Gasteiger partial charge >= 0.3 is 5.97 Å². The van der Waals surface area contributed by atoms with Crippen LogP contribution in [0.2, 0.25) is 0 Å². The molecule has 0 spiro atoms. The average Bonchev–Trinajstić information content (AvgIpc) is 2.78. The van der Waals surface area contributed by atoms with Gasteiger partial charge in [0.1, 0.15) is 11.6 Å². The van der Waals surface area contributed by atoms with Crippen LogP contribution in [0.4, 0.5) is 0 Å². The largest absolute Gasteiger partial charge is 0.497 e. The van der Waals surface area contributed by atoms with E-state index in [1.807, 2.05) is 35.9 Å². The Labute approximate surface area is 110 Å². The molecule has 0 unspecified atom stereocenters. The predicted octanol–water partition coefficient (Wildman–Crippen LogP) is 1.51. The fourth-order valence-electron chi connectivity index (χ4n) is 1.79. The van der Waals surface area contributed by atoms with E-state index in [9.17, 15) is 4.79 Å². The number of aliphatic carboxylic acids is 1. The van der Waals surface area contributed by atoms with Gasteiger partial charge in [0, 0.05) is 19.0 Å². The van der Waals surface area contributed by atoms with Crippen LogP contribution in [0.15, 0.2) is 24.3 Å². The van der Waals surface area contributed by atoms with Crippen LogP contribution in [-0.2, 0) is 18.3 Å². The number of aryl methyl sites for hydroxylation is 1. The van der Waals surface area contributed by atoms with Crippen LogP contribution >= 0.6 is 0 Å². The van der Waals surface area contributed by atoms with Crippen LogP contribution in [-0.4, -0.2) is 33.0 Å². The Kier molecular flexibility index (Phi) is 3.79. The molecular formula is C13H15N3O3. The molecule has 0 atom stereocenters. The first kappa shape index (κ1) is 13.1. The van der Waals surface area contributed by atoms with Crippen LogP contribution < -0.4 is 4.74 Å². The number of rotatable bonds is 5. The van der Waals surface area contributed by atoms with E-state index in [1.54, 1.807) is 7.11 Å². The molecule has 0 fully saturated rings. The summed E-state index contributed by atoms with van der Waals surface area (Å²) in [6, 6.07) is 7.48. The van der Waals surface area contributed by atoms with Crippen LogP contribution in [0.1, 0.15) is 12.2 Å². The Morgan fingerprint density at radius 2 is 2.00 bits per heavy atom. The molecule has 1 aromatic carbocycles. The molecule has 0 radical (unpaired) electrons. The van der Waals surface area contributed by atoms with Crippen molar-refractivity contribution in [2.45, 2.75) is 12.8 Å². The maximum atomic E-state index is 10.6. The number of hydrogen-bond donors (Lipinski definition) is 1. The van der Waals surface area contributed by atoms with E-state index in [-0.39, 0.29) is 6.42 Å². The third-order valence-corrected chi connectivity index (χ3v) is 2.88. The highest BCUT2D eigenvalue weighted by Crippen LogP contribution is 2.21. The molecule has 1 heterocycles. The molecule has 2 aromatic rings. The van der Waals surface area contributed by atoms with E-state index in [4.69, 9.17) is 9.84 Å². The van der Waals surface area contributed by atoms with Crippen molar-refractivity contribution in [1.82, 2.24) is 14.8 Å². The predicted molar refractivity (Wildman–Crippen MR) is 68.9 cm³/mol. The quantitative estimate of drug-likeness (QED) is 0.882. The second kappa shape index (κ2) is 5.51. The number of carbonyl (C=O) groups is 1. The maximum Gasteiger partial charge on any atom is 0.303 e. The molecule has 0 bridgehead atoms. The SMILES string of the molecule is COc1ccc(-c2nnc(CCC(=O)O)n2C)cc1. The third-order valence-electron chi connectivity index (χ3n) is 2.88. The van der Waals surface area contributed by atoms with E-state index >= 15 is 0 Å². The fraction of sp³-hybridized carbons (Fsp3) is 0.308. The molecule has 100 valence electrons. The molecule has 19 heavy (non-hydrogen) atoms. The number of methoxy groups -OCH3 is 1. The second-order valence-electron chi connectivity index (χ2n) is 4.12. The van der Waals surface area contributed by atoms with Gasteiger partial charge in [0.25, 0.3) is 0 Å². The summed E-state index contributed by atoms with van der Waals surface area (Å²) in [5.41, 5.74) is 0.914. The van der Waals surface area contributed by atoms with Crippen molar-refractivity contribution in [1.29, 1.82) is 0 Å². The summed E-state index contributed by atoms with van der Waals surface area (Å²) in [5, 5.41) is 16.8. The number of carboxylic acid groups (broad SMARTS) is 1. The van der Waals surface area contributed by atoms with Crippen LogP contribution in [0.25, 0.3) is 11.4 Å². The van der Waals surface area contributed by atoms with Crippen molar-refractivity contribution in [3.05, 3.63) is 30.1 Å². The molecule has 0 saturated heterocycles. The van der Waals surface area contributed by atoms with Crippen molar-refractivity contribution >= 4 is 5.97 Å². The third kappa shape index (κ3) is 2.90. The van der Waals surface area contributed by atoms with Gasteiger partial charge in [0.15, 0.2) is 5.82 Å². The number of hydrogen-bond acceptors (Lipinski definition) is 4. The highest BCUT2D eigenvalue weighted by molar-refractivity contribution is 5.67. The first-order valence-corrected chi connectivity index (χ1v) is 5.86. The lowest BCUT2D eigenvalue weighted by Gasteiger charge is -2.04. The number of aromatic nitrogens is 3. The number of carboxylic acids is 1. The summed E-state index contributed by atoms with van der Waals surface area (Å²) in [5.74, 6) is 1.31. The van der Waals surface area contributed by atoms with Gasteiger partial charge in [-0.3, -0.25) is 4.79 Å². The molecule has 6 nitrogen and oxygen atoms in total. The van der Waals surface area contributed by atoms with Gasteiger partial charge in [0.2, 0.25) is 0 Å². The zero-order valence-electron chi connectivity index (χ0n) is 10.8. The lowest BCUT2D eigenvalue weighted by Crippen LogP contribution is -2.04. The average molecular weight is 261 g/mol. The van der Waals surface area contributed by atoms with E-state index < -0.39 is 5.97 Å². The summed E-state index contributed by atoms with van der Waals surface area (Å²) in [6.45, 7) is 0. The van der Waals surface area contributed by atoms with E-state index in [0.717, 1.165) is 11.3 Å². The van der Waals surface area contributed by atoms with Crippen molar-refractivity contribution in [3.8, 4) is 17.1 Å². The molecule has 6 heteroatoms. The Morgan fingerprint density at radius 3 is 2.58 bits per heavy atom. The lowest BCUT2D eigenvalue weighted by molar-refractivity contribution is -0.137. The zero-order chi connectivity index (χ0) is 13.8. The molecule has 2 rings (SSSR count). The van der Waals surface area contributed by atoms with Crippen LogP contribution in [0.5, 0.6) is 5.75 Å². The Bertz CT molecular complexity index is 575. The topological polar surface area (TPSA) is 77.2 Å². The van der Waals surface area contributed by atoms with Gasteiger partial charge < -0.3 is 14.4 Å². The van der Waals surface area contributed by atoms with Crippen molar-refractivity contribution < 1.29 is 14.6 Å².